The molecule has 0 aromatic heterocycles. The minimum Gasteiger partial charge on any atom is -0.342 e. The molecule has 0 radical (unpaired) electrons. The van der Waals surface area contributed by atoms with Gasteiger partial charge >= 0.3 is 0 Å². The lowest BCUT2D eigenvalue weighted by Gasteiger charge is -2.36. The van der Waals surface area contributed by atoms with Crippen molar-refractivity contribution in [1.29, 1.82) is 0 Å². The van der Waals surface area contributed by atoms with Crippen molar-refractivity contribution >= 4 is 15.7 Å². The number of benzene rings is 1. The molecule has 0 aliphatic heterocycles. The van der Waals surface area contributed by atoms with Crippen molar-refractivity contribution in [3.05, 3.63) is 29.8 Å². The fraction of sp³-hybridized carbons (Fsp3) is 0.611. The Bertz CT molecular complexity index is 637. The fourth-order valence-electron chi connectivity index (χ4n) is 3.32. The normalized spacial score (nSPS) is 21.9. The van der Waals surface area contributed by atoms with Crippen LogP contribution in [0.4, 0.5) is 0 Å². The molecule has 2 rings (SSSR count). The Morgan fingerprint density at radius 3 is 2.39 bits per heavy atom. The maximum atomic E-state index is 12.4. The minimum absolute atomic E-state index is 0.0515. The summed E-state index contributed by atoms with van der Waals surface area (Å²) in [4.78, 5) is 14.4. The summed E-state index contributed by atoms with van der Waals surface area (Å²) in [5.74, 6) is 0.297. The monoisotopic (exact) mass is 337 g/mol. The van der Waals surface area contributed by atoms with Crippen molar-refractivity contribution in [1.82, 2.24) is 4.90 Å². The highest BCUT2D eigenvalue weighted by molar-refractivity contribution is 7.91. The van der Waals surface area contributed by atoms with Crippen molar-refractivity contribution in [3.8, 4) is 0 Å². The predicted octanol–water partition coefficient (Wildman–Crippen LogP) is 3.20. The summed E-state index contributed by atoms with van der Waals surface area (Å²) in [6.45, 7) is 4.09. The van der Waals surface area contributed by atoms with Gasteiger partial charge in [-0.2, -0.15) is 0 Å². The molecule has 4 nitrogen and oxygen atoms in total. The third-order valence-corrected chi connectivity index (χ3v) is 6.65. The van der Waals surface area contributed by atoms with Gasteiger partial charge in [-0.05, 0) is 37.8 Å². The second-order valence-electron chi connectivity index (χ2n) is 6.72. The first-order chi connectivity index (χ1) is 10.8. The van der Waals surface area contributed by atoms with E-state index in [1.54, 1.807) is 29.2 Å². The van der Waals surface area contributed by atoms with Gasteiger partial charge in [-0.1, -0.05) is 37.5 Å². The third kappa shape index (κ3) is 4.56. The molecule has 1 fully saturated rings. The number of carbonyl (C=O) groups excluding carboxylic acids is 1. The highest BCUT2D eigenvalue weighted by atomic mass is 32.2. The number of hydrogen-bond donors (Lipinski definition) is 0. The number of amides is 1. The summed E-state index contributed by atoms with van der Waals surface area (Å²) < 4.78 is 24.7. The Morgan fingerprint density at radius 1 is 1.17 bits per heavy atom. The Balaban J connectivity index is 1.96. The first-order valence-electron chi connectivity index (χ1n) is 8.36. The van der Waals surface area contributed by atoms with E-state index in [-0.39, 0.29) is 24.1 Å². The lowest BCUT2D eigenvalue weighted by Crippen LogP contribution is -2.43. The topological polar surface area (TPSA) is 54.5 Å². The van der Waals surface area contributed by atoms with E-state index in [0.29, 0.717) is 10.8 Å². The van der Waals surface area contributed by atoms with Gasteiger partial charge in [-0.15, -0.1) is 0 Å². The van der Waals surface area contributed by atoms with Crippen molar-refractivity contribution in [2.45, 2.75) is 56.9 Å². The number of carbonyl (C=O) groups is 1. The van der Waals surface area contributed by atoms with Gasteiger partial charge in [-0.3, -0.25) is 4.79 Å². The molecule has 23 heavy (non-hydrogen) atoms. The minimum atomic E-state index is -3.40. The molecule has 1 aliphatic carbocycles. The molecule has 0 saturated heterocycles. The zero-order valence-corrected chi connectivity index (χ0v) is 15.1. The number of rotatable bonds is 5. The number of hydrogen-bond acceptors (Lipinski definition) is 3. The first-order valence-corrected chi connectivity index (χ1v) is 10.0. The van der Waals surface area contributed by atoms with Gasteiger partial charge in [0.2, 0.25) is 5.91 Å². The summed E-state index contributed by atoms with van der Waals surface area (Å²) >= 11 is 0. The zero-order chi connectivity index (χ0) is 17.0. The third-order valence-electron chi connectivity index (χ3n) is 4.92. The maximum Gasteiger partial charge on any atom is 0.223 e. The van der Waals surface area contributed by atoms with E-state index >= 15 is 0 Å². The fourth-order valence-corrected chi connectivity index (χ4v) is 4.55. The van der Waals surface area contributed by atoms with Crippen molar-refractivity contribution < 1.29 is 13.2 Å². The highest BCUT2D eigenvalue weighted by Gasteiger charge is 2.28. The molecule has 2 unspecified atom stereocenters. The second kappa shape index (κ2) is 7.47. The Kier molecular flexibility index (Phi) is 5.84. The average Bonchev–Trinajstić information content (AvgIpc) is 2.53. The van der Waals surface area contributed by atoms with E-state index in [1.807, 2.05) is 14.0 Å². The molecule has 1 aliphatic rings. The van der Waals surface area contributed by atoms with Crippen LogP contribution in [0.15, 0.2) is 29.2 Å². The van der Waals surface area contributed by atoms with E-state index < -0.39 is 9.84 Å². The Labute approximate surface area is 139 Å². The molecule has 1 saturated carbocycles. The lowest BCUT2D eigenvalue weighted by molar-refractivity contribution is -0.133. The average molecular weight is 337 g/mol. The van der Waals surface area contributed by atoms with Crippen LogP contribution < -0.4 is 0 Å². The number of aryl methyl sites for hydroxylation is 1. The van der Waals surface area contributed by atoms with Crippen LogP contribution in [0.2, 0.25) is 0 Å². The van der Waals surface area contributed by atoms with Gasteiger partial charge in [0.15, 0.2) is 9.84 Å². The molecule has 2 atom stereocenters. The van der Waals surface area contributed by atoms with E-state index in [1.165, 1.54) is 6.42 Å². The van der Waals surface area contributed by atoms with Crippen LogP contribution in [0.1, 0.15) is 44.6 Å². The molecule has 0 N–H and O–H groups in total. The van der Waals surface area contributed by atoms with Crippen LogP contribution >= 0.6 is 0 Å². The SMILES string of the molecule is Cc1ccc(S(=O)(=O)CCC(=O)N(C)C2CCCCC2C)cc1. The van der Waals surface area contributed by atoms with Gasteiger partial charge in [0, 0.05) is 19.5 Å². The quantitative estimate of drug-likeness (QED) is 0.829. The summed E-state index contributed by atoms with van der Waals surface area (Å²) in [7, 11) is -1.58. The smallest absolute Gasteiger partial charge is 0.223 e. The molecule has 0 spiro atoms. The summed E-state index contributed by atoms with van der Waals surface area (Å²) in [6.07, 6.45) is 4.59. The molecule has 1 aromatic carbocycles. The van der Waals surface area contributed by atoms with Gasteiger partial charge < -0.3 is 4.90 Å². The van der Waals surface area contributed by atoms with Gasteiger partial charge in [0.25, 0.3) is 0 Å². The Morgan fingerprint density at radius 2 is 1.78 bits per heavy atom. The van der Waals surface area contributed by atoms with E-state index in [4.69, 9.17) is 0 Å². The molecule has 0 heterocycles. The van der Waals surface area contributed by atoms with Gasteiger partial charge in [-0.25, -0.2) is 8.42 Å². The van der Waals surface area contributed by atoms with Crippen LogP contribution in [-0.4, -0.2) is 38.1 Å². The molecule has 1 aromatic rings. The molecule has 5 heteroatoms. The first kappa shape index (κ1) is 18.0. The predicted molar refractivity (Wildman–Crippen MR) is 92.0 cm³/mol. The molecular weight excluding hydrogens is 310 g/mol. The number of nitrogens with zero attached hydrogens (tertiary/aromatic N) is 1. The van der Waals surface area contributed by atoms with E-state index in [2.05, 4.69) is 6.92 Å². The molecule has 0 bridgehead atoms. The number of sulfone groups is 1. The molecule has 128 valence electrons. The van der Waals surface area contributed by atoms with E-state index in [9.17, 15) is 13.2 Å². The summed E-state index contributed by atoms with van der Waals surface area (Å²) in [5, 5.41) is 0. The molecular formula is C18H27NO3S. The summed E-state index contributed by atoms with van der Waals surface area (Å²) in [6, 6.07) is 7.04. The highest BCUT2D eigenvalue weighted by Crippen LogP contribution is 2.27. The van der Waals surface area contributed by atoms with Crippen molar-refractivity contribution in [3.63, 3.8) is 0 Å². The Hall–Kier alpha value is -1.36. The van der Waals surface area contributed by atoms with Gasteiger partial charge in [0.05, 0.1) is 10.6 Å². The van der Waals surface area contributed by atoms with Crippen LogP contribution in [0, 0.1) is 12.8 Å². The van der Waals surface area contributed by atoms with Crippen molar-refractivity contribution in [2.24, 2.45) is 5.92 Å². The van der Waals surface area contributed by atoms with Crippen LogP contribution in [-0.2, 0) is 14.6 Å². The van der Waals surface area contributed by atoms with Crippen LogP contribution in [0.5, 0.6) is 0 Å². The van der Waals surface area contributed by atoms with Crippen LogP contribution in [0.3, 0.4) is 0 Å². The second-order valence-corrected chi connectivity index (χ2v) is 8.82. The van der Waals surface area contributed by atoms with Crippen molar-refractivity contribution in [2.75, 3.05) is 12.8 Å². The largest absolute Gasteiger partial charge is 0.342 e. The standard InChI is InChI=1S/C18H27NO3S/c1-14-8-10-16(11-9-14)23(21,22)13-12-18(20)19(3)17-7-5-4-6-15(17)2/h8-11,15,17H,4-7,12-13H2,1-3H3. The summed E-state index contributed by atoms with van der Waals surface area (Å²) in [5.41, 5.74) is 1.02. The van der Waals surface area contributed by atoms with Gasteiger partial charge in [0.1, 0.15) is 0 Å². The zero-order valence-electron chi connectivity index (χ0n) is 14.3. The lowest BCUT2D eigenvalue weighted by atomic mass is 9.85. The van der Waals surface area contributed by atoms with Crippen LogP contribution in [0.25, 0.3) is 0 Å². The maximum absolute atomic E-state index is 12.4. The van der Waals surface area contributed by atoms with E-state index in [0.717, 1.165) is 24.8 Å². The molecule has 1 amide bonds.